The largest absolute Gasteiger partial charge is 0.422 e. The van der Waals surface area contributed by atoms with Crippen molar-refractivity contribution in [2.75, 3.05) is 0 Å². The van der Waals surface area contributed by atoms with Gasteiger partial charge in [0.1, 0.15) is 0 Å². The zero-order valence-electron chi connectivity index (χ0n) is 10.3. The number of fused-ring (bicyclic) bond motifs is 1. The molecular weight excluding hydrogens is 345 g/mol. The van der Waals surface area contributed by atoms with Crippen LogP contribution in [0.1, 0.15) is 20.3 Å². The quantitative estimate of drug-likeness (QED) is 0.792. The van der Waals surface area contributed by atoms with Crippen molar-refractivity contribution in [3.8, 4) is 0 Å². The van der Waals surface area contributed by atoms with Gasteiger partial charge in [-0.15, -0.1) is 0 Å². The minimum absolute atomic E-state index is 0.463. The summed E-state index contributed by atoms with van der Waals surface area (Å²) < 4.78 is 7.24. The fourth-order valence-corrected chi connectivity index (χ4v) is 2.29. The first-order chi connectivity index (χ1) is 8.49. The van der Waals surface area contributed by atoms with Crippen molar-refractivity contribution in [2.24, 2.45) is 5.92 Å². The number of nitrogens with zero attached hydrogens (tertiary/aromatic N) is 1. The first kappa shape index (κ1) is 13.3. The summed E-state index contributed by atoms with van der Waals surface area (Å²) >= 11 is 2.13. The molecule has 0 spiro atoms. The summed E-state index contributed by atoms with van der Waals surface area (Å²) in [4.78, 5) is 23.4. The molecule has 0 fully saturated rings. The Morgan fingerprint density at radius 2 is 2.06 bits per heavy atom. The van der Waals surface area contributed by atoms with E-state index in [2.05, 4.69) is 36.4 Å². The number of rotatable bonds is 3. The van der Waals surface area contributed by atoms with Gasteiger partial charge >= 0.3 is 11.4 Å². The third kappa shape index (κ3) is 2.66. The molecule has 5 heteroatoms. The van der Waals surface area contributed by atoms with E-state index in [1.807, 2.05) is 6.07 Å². The summed E-state index contributed by atoms with van der Waals surface area (Å²) in [6, 6.07) is 5.43. The molecule has 0 saturated heterocycles. The van der Waals surface area contributed by atoms with Gasteiger partial charge in [0.15, 0.2) is 0 Å². The van der Waals surface area contributed by atoms with Crippen LogP contribution in [0.25, 0.3) is 10.9 Å². The summed E-state index contributed by atoms with van der Waals surface area (Å²) in [6.07, 6.45) is 0.870. The number of halogens is 1. The van der Waals surface area contributed by atoms with Crippen LogP contribution >= 0.6 is 22.6 Å². The molecule has 0 unspecified atom stereocenters. The van der Waals surface area contributed by atoms with Crippen LogP contribution in [0, 0.1) is 9.49 Å². The van der Waals surface area contributed by atoms with E-state index in [0.29, 0.717) is 23.4 Å². The summed E-state index contributed by atoms with van der Waals surface area (Å²) in [5, 5.41) is 0.463. The third-order valence-electron chi connectivity index (χ3n) is 2.80. The van der Waals surface area contributed by atoms with E-state index in [4.69, 9.17) is 4.42 Å². The van der Waals surface area contributed by atoms with Crippen molar-refractivity contribution in [1.29, 1.82) is 0 Å². The standard InChI is InChI=1S/C13H14INO3/c1-8(2)5-6-15-11-4-3-9(14)7-10(11)12(16)18-13(15)17/h3-4,7-8H,5-6H2,1-2H3. The molecular formula is C13H14INO3. The second-order valence-corrected chi connectivity index (χ2v) is 5.90. The Morgan fingerprint density at radius 3 is 2.72 bits per heavy atom. The van der Waals surface area contributed by atoms with Gasteiger partial charge in [0.25, 0.3) is 0 Å². The summed E-state index contributed by atoms with van der Waals surface area (Å²) in [6.45, 7) is 4.75. The van der Waals surface area contributed by atoms with Crippen LogP contribution in [-0.2, 0) is 6.54 Å². The van der Waals surface area contributed by atoms with Crippen LogP contribution < -0.4 is 11.4 Å². The van der Waals surface area contributed by atoms with Gasteiger partial charge in [-0.25, -0.2) is 9.59 Å². The molecule has 2 aromatic rings. The number of hydrogen-bond acceptors (Lipinski definition) is 3. The van der Waals surface area contributed by atoms with Crippen LogP contribution in [0.4, 0.5) is 0 Å². The van der Waals surface area contributed by atoms with Gasteiger partial charge in [-0.3, -0.25) is 4.57 Å². The fourth-order valence-electron chi connectivity index (χ4n) is 1.79. The van der Waals surface area contributed by atoms with E-state index in [1.165, 1.54) is 4.57 Å². The third-order valence-corrected chi connectivity index (χ3v) is 3.47. The lowest BCUT2D eigenvalue weighted by atomic mass is 10.1. The molecule has 2 rings (SSSR count). The molecule has 0 N–H and O–H groups in total. The lowest BCUT2D eigenvalue weighted by molar-refractivity contribution is 0.399. The van der Waals surface area contributed by atoms with E-state index >= 15 is 0 Å². The lowest BCUT2D eigenvalue weighted by Gasteiger charge is -2.10. The Balaban J connectivity index is 2.65. The summed E-state index contributed by atoms with van der Waals surface area (Å²) in [5.41, 5.74) is 0.0895. The van der Waals surface area contributed by atoms with Gasteiger partial charge in [-0.05, 0) is 53.1 Å². The first-order valence-electron chi connectivity index (χ1n) is 5.82. The number of hydrogen-bond donors (Lipinski definition) is 0. The van der Waals surface area contributed by atoms with Crippen LogP contribution in [-0.4, -0.2) is 4.57 Å². The highest BCUT2D eigenvalue weighted by molar-refractivity contribution is 14.1. The van der Waals surface area contributed by atoms with Crippen molar-refractivity contribution in [1.82, 2.24) is 4.57 Å². The van der Waals surface area contributed by atoms with E-state index in [1.54, 1.807) is 12.1 Å². The molecule has 0 bridgehead atoms. The van der Waals surface area contributed by atoms with Gasteiger partial charge in [-0.1, -0.05) is 13.8 Å². The van der Waals surface area contributed by atoms with Crippen molar-refractivity contribution < 1.29 is 4.42 Å². The Hall–Kier alpha value is -1.11. The van der Waals surface area contributed by atoms with Gasteiger partial charge in [0.05, 0.1) is 10.9 Å². The molecule has 18 heavy (non-hydrogen) atoms. The highest BCUT2D eigenvalue weighted by atomic mass is 127. The topological polar surface area (TPSA) is 52.2 Å². The lowest BCUT2D eigenvalue weighted by Crippen LogP contribution is -2.25. The molecule has 0 amide bonds. The second-order valence-electron chi connectivity index (χ2n) is 4.65. The summed E-state index contributed by atoms with van der Waals surface area (Å²) in [7, 11) is 0. The van der Waals surface area contributed by atoms with Crippen LogP contribution in [0.5, 0.6) is 0 Å². The molecule has 96 valence electrons. The molecule has 0 radical (unpaired) electrons. The SMILES string of the molecule is CC(C)CCn1c(=O)oc(=O)c2cc(I)ccc21. The normalized spacial score (nSPS) is 11.3. The van der Waals surface area contributed by atoms with Crippen molar-refractivity contribution >= 4 is 33.5 Å². The molecule has 1 aromatic carbocycles. The fraction of sp³-hybridized carbons (Fsp3) is 0.385. The van der Waals surface area contributed by atoms with Crippen molar-refractivity contribution in [3.63, 3.8) is 0 Å². The summed E-state index contributed by atoms with van der Waals surface area (Å²) in [5.74, 6) is -0.0860. The van der Waals surface area contributed by atoms with E-state index in [9.17, 15) is 9.59 Å². The van der Waals surface area contributed by atoms with Crippen LogP contribution in [0.15, 0.2) is 32.2 Å². The minimum atomic E-state index is -0.575. The predicted octanol–water partition coefficient (Wildman–Crippen LogP) is 2.61. The van der Waals surface area contributed by atoms with E-state index < -0.39 is 11.4 Å². The highest BCUT2D eigenvalue weighted by Gasteiger charge is 2.10. The smallest absolute Gasteiger partial charge is 0.372 e. The molecule has 1 aromatic heterocycles. The molecule has 0 aliphatic rings. The molecule has 0 atom stereocenters. The van der Waals surface area contributed by atoms with E-state index in [-0.39, 0.29) is 0 Å². The maximum atomic E-state index is 11.7. The minimum Gasteiger partial charge on any atom is -0.372 e. The predicted molar refractivity (Wildman–Crippen MR) is 78.9 cm³/mol. The van der Waals surface area contributed by atoms with Crippen LogP contribution in [0.3, 0.4) is 0 Å². The maximum Gasteiger partial charge on any atom is 0.422 e. The molecule has 0 aliphatic carbocycles. The average molecular weight is 359 g/mol. The van der Waals surface area contributed by atoms with Crippen molar-refractivity contribution in [3.05, 3.63) is 42.7 Å². The number of aryl methyl sites for hydroxylation is 1. The van der Waals surface area contributed by atoms with E-state index in [0.717, 1.165) is 9.99 Å². The molecule has 0 aliphatic heterocycles. The van der Waals surface area contributed by atoms with Crippen LogP contribution in [0.2, 0.25) is 0 Å². The highest BCUT2D eigenvalue weighted by Crippen LogP contribution is 2.14. The van der Waals surface area contributed by atoms with Gasteiger partial charge in [-0.2, -0.15) is 0 Å². The second kappa shape index (κ2) is 5.26. The first-order valence-corrected chi connectivity index (χ1v) is 6.90. The Bertz CT molecular complexity index is 685. The maximum absolute atomic E-state index is 11.7. The molecule has 1 heterocycles. The van der Waals surface area contributed by atoms with Gasteiger partial charge in [0.2, 0.25) is 0 Å². The monoisotopic (exact) mass is 359 g/mol. The number of aromatic nitrogens is 1. The van der Waals surface area contributed by atoms with Gasteiger partial charge in [0, 0.05) is 10.1 Å². The molecule has 0 saturated carbocycles. The van der Waals surface area contributed by atoms with Crippen molar-refractivity contribution in [2.45, 2.75) is 26.8 Å². The number of benzene rings is 1. The zero-order chi connectivity index (χ0) is 13.3. The Labute approximate surface area is 118 Å². The Morgan fingerprint density at radius 1 is 1.33 bits per heavy atom. The van der Waals surface area contributed by atoms with Gasteiger partial charge < -0.3 is 4.42 Å². The Kier molecular flexibility index (Phi) is 3.89. The zero-order valence-corrected chi connectivity index (χ0v) is 12.4. The average Bonchev–Trinajstić information content (AvgIpc) is 2.29. The molecule has 4 nitrogen and oxygen atoms in total.